The Balaban J connectivity index is 1.86. The van der Waals surface area contributed by atoms with E-state index in [1.807, 2.05) is 56.3 Å². The van der Waals surface area contributed by atoms with Gasteiger partial charge in [0.1, 0.15) is 5.75 Å². The zero-order valence-electron chi connectivity index (χ0n) is 13.1. The molecule has 0 heterocycles. The van der Waals surface area contributed by atoms with Crippen molar-refractivity contribution in [2.75, 3.05) is 7.11 Å². The standard InChI is InChI=1S/C18H21NO2S/c1-13-5-4-6-15(11-13)12-19-18(20)14(2)22-17-9-7-16(21-3)8-10-17/h4-11,14H,12H2,1-3H3,(H,19,20)/t14-/m1/s1. The van der Waals surface area contributed by atoms with Crippen molar-refractivity contribution >= 4 is 17.7 Å². The van der Waals surface area contributed by atoms with E-state index >= 15 is 0 Å². The molecule has 1 amide bonds. The molecule has 0 fully saturated rings. The van der Waals surface area contributed by atoms with E-state index in [2.05, 4.69) is 11.4 Å². The Morgan fingerprint density at radius 1 is 1.23 bits per heavy atom. The maximum absolute atomic E-state index is 12.2. The number of ether oxygens (including phenoxy) is 1. The molecule has 2 aromatic rings. The summed E-state index contributed by atoms with van der Waals surface area (Å²) >= 11 is 1.54. The van der Waals surface area contributed by atoms with Crippen LogP contribution in [0.5, 0.6) is 5.75 Å². The lowest BCUT2D eigenvalue weighted by molar-refractivity contribution is -0.120. The topological polar surface area (TPSA) is 38.3 Å². The minimum Gasteiger partial charge on any atom is -0.497 e. The molecule has 0 aliphatic heterocycles. The first-order chi connectivity index (χ1) is 10.6. The van der Waals surface area contributed by atoms with E-state index in [1.165, 1.54) is 5.56 Å². The minimum atomic E-state index is -0.141. The van der Waals surface area contributed by atoms with E-state index < -0.39 is 0 Å². The van der Waals surface area contributed by atoms with Crippen LogP contribution in [-0.4, -0.2) is 18.3 Å². The third kappa shape index (κ3) is 4.81. The predicted octanol–water partition coefficient (Wildman–Crippen LogP) is 3.80. The summed E-state index contributed by atoms with van der Waals surface area (Å²) in [6, 6.07) is 15.9. The van der Waals surface area contributed by atoms with E-state index in [-0.39, 0.29) is 11.2 Å². The second-order valence-electron chi connectivity index (χ2n) is 5.14. The van der Waals surface area contributed by atoms with E-state index in [1.54, 1.807) is 18.9 Å². The number of methoxy groups -OCH3 is 1. The fraction of sp³-hybridized carbons (Fsp3) is 0.278. The van der Waals surface area contributed by atoms with Crippen molar-refractivity contribution in [3.63, 3.8) is 0 Å². The maximum Gasteiger partial charge on any atom is 0.233 e. The third-order valence-electron chi connectivity index (χ3n) is 3.29. The first-order valence-corrected chi connectivity index (χ1v) is 8.10. The summed E-state index contributed by atoms with van der Waals surface area (Å²) in [5, 5.41) is 2.84. The summed E-state index contributed by atoms with van der Waals surface area (Å²) in [5.41, 5.74) is 2.32. The Morgan fingerprint density at radius 3 is 2.59 bits per heavy atom. The van der Waals surface area contributed by atoms with E-state index in [0.717, 1.165) is 16.2 Å². The van der Waals surface area contributed by atoms with Gasteiger partial charge in [0.25, 0.3) is 0 Å². The van der Waals surface area contributed by atoms with Crippen molar-refractivity contribution in [2.24, 2.45) is 0 Å². The van der Waals surface area contributed by atoms with Gasteiger partial charge in [-0.15, -0.1) is 11.8 Å². The lowest BCUT2D eigenvalue weighted by atomic mass is 10.1. The Morgan fingerprint density at radius 2 is 1.95 bits per heavy atom. The molecule has 22 heavy (non-hydrogen) atoms. The van der Waals surface area contributed by atoms with Crippen molar-refractivity contribution in [2.45, 2.75) is 30.5 Å². The van der Waals surface area contributed by atoms with E-state index in [4.69, 9.17) is 4.74 Å². The second-order valence-corrected chi connectivity index (χ2v) is 6.56. The lowest BCUT2D eigenvalue weighted by Crippen LogP contribution is -2.30. The molecule has 2 rings (SSSR count). The summed E-state index contributed by atoms with van der Waals surface area (Å²) < 4.78 is 5.13. The van der Waals surface area contributed by atoms with Gasteiger partial charge in [0.2, 0.25) is 5.91 Å². The van der Waals surface area contributed by atoms with Crippen LogP contribution in [0, 0.1) is 6.92 Å². The molecule has 0 radical (unpaired) electrons. The summed E-state index contributed by atoms with van der Waals surface area (Å²) in [7, 11) is 1.64. The molecule has 0 aromatic heterocycles. The predicted molar refractivity (Wildman–Crippen MR) is 91.3 cm³/mol. The van der Waals surface area contributed by atoms with Crippen LogP contribution in [-0.2, 0) is 11.3 Å². The van der Waals surface area contributed by atoms with E-state index in [0.29, 0.717) is 6.54 Å². The number of hydrogen-bond donors (Lipinski definition) is 1. The smallest absolute Gasteiger partial charge is 0.233 e. The van der Waals surface area contributed by atoms with Crippen molar-refractivity contribution in [1.82, 2.24) is 5.32 Å². The Kier molecular flexibility index (Phi) is 5.90. The molecular weight excluding hydrogens is 294 g/mol. The molecular formula is C18H21NO2S. The summed E-state index contributed by atoms with van der Waals surface area (Å²) in [4.78, 5) is 13.2. The largest absolute Gasteiger partial charge is 0.497 e. The fourth-order valence-corrected chi connectivity index (χ4v) is 2.96. The molecule has 0 aliphatic rings. The normalized spacial score (nSPS) is 11.8. The molecule has 1 atom stereocenters. The average molecular weight is 315 g/mol. The first-order valence-electron chi connectivity index (χ1n) is 7.22. The fourth-order valence-electron chi connectivity index (χ4n) is 2.07. The molecule has 0 aliphatic carbocycles. The van der Waals surface area contributed by atoms with Gasteiger partial charge in [0.15, 0.2) is 0 Å². The average Bonchev–Trinajstić information content (AvgIpc) is 2.53. The Hall–Kier alpha value is -1.94. The van der Waals surface area contributed by atoms with Crippen LogP contribution in [0.3, 0.4) is 0 Å². The molecule has 0 saturated heterocycles. The Labute approximate surface area is 136 Å². The highest BCUT2D eigenvalue weighted by atomic mass is 32.2. The van der Waals surface area contributed by atoms with Gasteiger partial charge in [-0.25, -0.2) is 0 Å². The van der Waals surface area contributed by atoms with Crippen LogP contribution in [0.2, 0.25) is 0 Å². The number of benzene rings is 2. The van der Waals surface area contributed by atoms with Crippen LogP contribution in [0.1, 0.15) is 18.1 Å². The van der Waals surface area contributed by atoms with Gasteiger partial charge in [-0.3, -0.25) is 4.79 Å². The second kappa shape index (κ2) is 7.90. The molecule has 0 bridgehead atoms. The van der Waals surface area contributed by atoms with Gasteiger partial charge in [-0.1, -0.05) is 29.8 Å². The van der Waals surface area contributed by atoms with Gasteiger partial charge in [-0.2, -0.15) is 0 Å². The molecule has 0 spiro atoms. The van der Waals surface area contributed by atoms with Crippen molar-refractivity contribution in [3.05, 3.63) is 59.7 Å². The Bertz CT molecular complexity index is 625. The molecule has 3 nitrogen and oxygen atoms in total. The van der Waals surface area contributed by atoms with Crippen molar-refractivity contribution < 1.29 is 9.53 Å². The number of rotatable bonds is 6. The SMILES string of the molecule is COc1ccc(S[C@H](C)C(=O)NCc2cccc(C)c2)cc1. The highest BCUT2D eigenvalue weighted by Crippen LogP contribution is 2.25. The highest BCUT2D eigenvalue weighted by molar-refractivity contribution is 8.00. The lowest BCUT2D eigenvalue weighted by Gasteiger charge is -2.12. The van der Waals surface area contributed by atoms with Crippen LogP contribution in [0.4, 0.5) is 0 Å². The summed E-state index contributed by atoms with van der Waals surface area (Å²) in [5.74, 6) is 0.864. The summed E-state index contributed by atoms with van der Waals surface area (Å²) in [6.07, 6.45) is 0. The van der Waals surface area contributed by atoms with Crippen LogP contribution >= 0.6 is 11.8 Å². The molecule has 116 valence electrons. The van der Waals surface area contributed by atoms with Crippen LogP contribution < -0.4 is 10.1 Å². The number of carbonyl (C=O) groups is 1. The molecule has 2 aromatic carbocycles. The van der Waals surface area contributed by atoms with Gasteiger partial charge >= 0.3 is 0 Å². The quantitative estimate of drug-likeness (QED) is 0.824. The number of nitrogens with one attached hydrogen (secondary N) is 1. The van der Waals surface area contributed by atoms with Crippen LogP contribution in [0.25, 0.3) is 0 Å². The van der Waals surface area contributed by atoms with Gasteiger partial charge < -0.3 is 10.1 Å². The maximum atomic E-state index is 12.2. The van der Waals surface area contributed by atoms with Gasteiger partial charge in [-0.05, 0) is 43.7 Å². The number of aryl methyl sites for hydroxylation is 1. The van der Waals surface area contributed by atoms with Gasteiger partial charge in [0, 0.05) is 11.4 Å². The molecule has 0 saturated carbocycles. The molecule has 0 unspecified atom stereocenters. The third-order valence-corrected chi connectivity index (χ3v) is 4.40. The highest BCUT2D eigenvalue weighted by Gasteiger charge is 2.14. The zero-order valence-corrected chi connectivity index (χ0v) is 13.9. The first kappa shape index (κ1) is 16.4. The zero-order chi connectivity index (χ0) is 15.9. The van der Waals surface area contributed by atoms with Crippen molar-refractivity contribution in [3.8, 4) is 5.75 Å². The monoisotopic (exact) mass is 315 g/mol. The number of carbonyl (C=O) groups excluding carboxylic acids is 1. The van der Waals surface area contributed by atoms with Crippen molar-refractivity contribution in [1.29, 1.82) is 0 Å². The molecule has 1 N–H and O–H groups in total. The summed E-state index contributed by atoms with van der Waals surface area (Å²) in [6.45, 7) is 4.53. The number of thioether (sulfide) groups is 1. The van der Waals surface area contributed by atoms with Gasteiger partial charge in [0.05, 0.1) is 12.4 Å². The van der Waals surface area contributed by atoms with E-state index in [9.17, 15) is 4.79 Å². The van der Waals surface area contributed by atoms with Crippen LogP contribution in [0.15, 0.2) is 53.4 Å². The molecule has 4 heteroatoms. The number of amides is 1. The minimum absolute atomic E-state index is 0.0438. The number of hydrogen-bond acceptors (Lipinski definition) is 3.